The van der Waals surface area contributed by atoms with Gasteiger partial charge in [0.15, 0.2) is 0 Å². The van der Waals surface area contributed by atoms with E-state index in [1.54, 1.807) is 6.92 Å². The lowest BCUT2D eigenvalue weighted by Gasteiger charge is -2.27. The van der Waals surface area contributed by atoms with Crippen LogP contribution >= 0.6 is 0 Å². The highest BCUT2D eigenvalue weighted by atomic mass is 16.3. The van der Waals surface area contributed by atoms with E-state index in [1.165, 1.54) is 70.5 Å². The molecule has 65 heavy (non-hydrogen) atoms. The third-order valence-corrected chi connectivity index (χ3v) is 9.39. The van der Waals surface area contributed by atoms with Gasteiger partial charge in [0.1, 0.15) is 6.04 Å². The predicted molar refractivity (Wildman–Crippen MR) is 228 cm³/mol. The van der Waals surface area contributed by atoms with Gasteiger partial charge in [-0.2, -0.15) is 0 Å². The van der Waals surface area contributed by atoms with E-state index in [-0.39, 0.29) is 19.6 Å². The summed E-state index contributed by atoms with van der Waals surface area (Å²) in [7, 11) is 13.2. The first-order chi connectivity index (χ1) is 30.2. The van der Waals surface area contributed by atoms with Gasteiger partial charge in [-0.05, 0) is 6.92 Å². The van der Waals surface area contributed by atoms with E-state index in [0.717, 1.165) is 49.0 Å². The van der Waals surface area contributed by atoms with Crippen LogP contribution in [0.3, 0.4) is 0 Å². The van der Waals surface area contributed by atoms with Crippen molar-refractivity contribution >= 4 is 77.3 Å². The first-order valence-corrected chi connectivity index (χ1v) is 19.9. The highest BCUT2D eigenvalue weighted by Gasteiger charge is 2.26. The van der Waals surface area contributed by atoms with Crippen LogP contribution in [-0.4, -0.2) is 293 Å². The zero-order chi connectivity index (χ0) is 50.3. The fraction of sp³-hybridized carbons (Fsp3) is 0.658. The Morgan fingerprint density at radius 3 is 0.923 bits per heavy atom. The van der Waals surface area contributed by atoms with Crippen molar-refractivity contribution in [1.82, 2.24) is 64.9 Å². The van der Waals surface area contributed by atoms with Gasteiger partial charge in [0.2, 0.25) is 77.3 Å². The largest absolute Gasteiger partial charge is 0.394 e. The smallest absolute Gasteiger partial charge is 0.244 e. The standard InChI is InChI=1S/C38H65N13O14/c1-12-39-38(65)26(24-52)41-27(54)13-40-28(55)14-43(3)30(57)16-45(5)32(59)18-47(7)34(61)20-49(9)36(63)22-51(11)37(64)23-50(10)35(62)21-48(8)33(60)19-46(6)31(58)17-44(4)29(56)15-42(2)25-53/h25-26,52H,12-24H2,1-11H3,(H,39,65)(H,40,55)(H,41,54). The minimum Gasteiger partial charge on any atom is -0.394 e. The monoisotopic (exact) mass is 927 g/mol. The Bertz CT molecular complexity index is 1770. The molecule has 4 N–H and O–H groups in total. The van der Waals surface area contributed by atoms with Gasteiger partial charge in [0.25, 0.3) is 0 Å². The maximum atomic E-state index is 12.9. The summed E-state index contributed by atoms with van der Waals surface area (Å²) in [5.41, 5.74) is 0. The summed E-state index contributed by atoms with van der Waals surface area (Å²) in [5.74, 6) is -7.66. The topological polar surface area (TPSA) is 311 Å². The Morgan fingerprint density at radius 1 is 0.415 bits per heavy atom. The molecule has 0 radical (unpaired) electrons. The molecule has 1 atom stereocenters. The van der Waals surface area contributed by atoms with Crippen LogP contribution in [0.25, 0.3) is 0 Å². The minimum absolute atomic E-state index is 0.239. The quantitative estimate of drug-likeness (QED) is 0.0557. The Hall–Kier alpha value is -6.93. The zero-order valence-electron chi connectivity index (χ0n) is 39.1. The fourth-order valence-electron chi connectivity index (χ4n) is 4.94. The number of aliphatic hydroxyl groups excluding tert-OH is 1. The van der Waals surface area contributed by atoms with Crippen LogP contribution in [0.2, 0.25) is 0 Å². The molecule has 0 saturated carbocycles. The Kier molecular flexibility index (Phi) is 25.6. The number of rotatable bonds is 27. The van der Waals surface area contributed by atoms with E-state index in [9.17, 15) is 67.4 Å². The van der Waals surface area contributed by atoms with Crippen LogP contribution in [0.4, 0.5) is 0 Å². The molecule has 0 saturated heterocycles. The van der Waals surface area contributed by atoms with E-state index < -0.39 is 142 Å². The fourth-order valence-corrected chi connectivity index (χ4v) is 4.94. The van der Waals surface area contributed by atoms with Crippen molar-refractivity contribution in [3.63, 3.8) is 0 Å². The van der Waals surface area contributed by atoms with Crippen molar-refractivity contribution in [3.05, 3.63) is 0 Å². The number of aliphatic hydroxyl groups is 1. The minimum atomic E-state index is -1.21. The molecule has 0 spiro atoms. The lowest BCUT2D eigenvalue weighted by molar-refractivity contribution is -0.146. The first kappa shape index (κ1) is 58.1. The van der Waals surface area contributed by atoms with Crippen LogP contribution in [0.1, 0.15) is 6.92 Å². The number of likely N-dealkylation sites (N-methyl/N-ethyl adjacent to an activating group) is 11. The average molecular weight is 928 g/mol. The van der Waals surface area contributed by atoms with Crippen molar-refractivity contribution in [2.75, 3.05) is 156 Å². The van der Waals surface area contributed by atoms with Gasteiger partial charge in [-0.15, -0.1) is 0 Å². The second-order valence-corrected chi connectivity index (χ2v) is 15.2. The molecule has 0 fully saturated rings. The van der Waals surface area contributed by atoms with Gasteiger partial charge in [-0.25, -0.2) is 0 Å². The first-order valence-electron chi connectivity index (χ1n) is 19.9. The molecule has 0 heterocycles. The number of amides is 13. The van der Waals surface area contributed by atoms with Crippen LogP contribution in [0.5, 0.6) is 0 Å². The molecule has 0 aromatic heterocycles. The highest BCUT2D eigenvalue weighted by Crippen LogP contribution is 2.00. The summed E-state index contributed by atoms with van der Waals surface area (Å²) in [6.45, 7) is -3.61. The third kappa shape index (κ3) is 21.8. The summed E-state index contributed by atoms with van der Waals surface area (Å²) in [5, 5.41) is 16.3. The van der Waals surface area contributed by atoms with Gasteiger partial charge in [0, 0.05) is 77.0 Å². The molecule has 0 bridgehead atoms. The maximum absolute atomic E-state index is 12.9. The molecule has 0 aliphatic carbocycles. The molecule has 366 valence electrons. The number of nitrogens with zero attached hydrogens (tertiary/aromatic N) is 10. The van der Waals surface area contributed by atoms with Gasteiger partial charge < -0.3 is 70.1 Å². The molecular weight excluding hydrogens is 862 g/mol. The number of hydrogen-bond donors (Lipinski definition) is 4. The summed E-state index contributed by atoms with van der Waals surface area (Å²) in [4.78, 5) is 172. The van der Waals surface area contributed by atoms with Crippen molar-refractivity contribution in [2.24, 2.45) is 0 Å². The van der Waals surface area contributed by atoms with Gasteiger partial charge in [-0.3, -0.25) is 62.3 Å². The average Bonchev–Trinajstić information content (AvgIpc) is 3.23. The van der Waals surface area contributed by atoms with E-state index >= 15 is 0 Å². The summed E-state index contributed by atoms with van der Waals surface area (Å²) in [6.07, 6.45) is 0.461. The zero-order valence-corrected chi connectivity index (χ0v) is 39.1. The van der Waals surface area contributed by atoms with Crippen LogP contribution in [-0.2, 0) is 62.3 Å². The van der Waals surface area contributed by atoms with Crippen molar-refractivity contribution in [3.8, 4) is 0 Å². The molecule has 27 nitrogen and oxygen atoms in total. The van der Waals surface area contributed by atoms with Gasteiger partial charge in [0.05, 0.1) is 78.6 Å². The van der Waals surface area contributed by atoms with Crippen LogP contribution in [0, 0.1) is 0 Å². The van der Waals surface area contributed by atoms with E-state index in [1.807, 2.05) is 0 Å². The Balaban J connectivity index is 4.87. The second kappa shape index (κ2) is 28.7. The van der Waals surface area contributed by atoms with Crippen molar-refractivity contribution < 1.29 is 67.4 Å². The number of nitrogens with one attached hydrogen (secondary N) is 3. The van der Waals surface area contributed by atoms with E-state index in [2.05, 4.69) is 16.0 Å². The molecule has 0 aromatic rings. The lowest BCUT2D eigenvalue weighted by Crippen LogP contribution is -2.52. The van der Waals surface area contributed by atoms with Crippen LogP contribution < -0.4 is 16.0 Å². The SMILES string of the molecule is CCNC(=O)C(CO)NC(=O)CNC(=O)CN(C)C(=O)CN(C)C(=O)CN(C)C(=O)CN(C)C(=O)CN(C)C(=O)CN(C)C(=O)CN(C)C(=O)CN(C)C(=O)CN(C)C(=O)CN(C)C=O. The van der Waals surface area contributed by atoms with E-state index in [0.29, 0.717) is 6.41 Å². The molecule has 1 unspecified atom stereocenters. The van der Waals surface area contributed by atoms with Gasteiger partial charge >= 0.3 is 0 Å². The normalized spacial score (nSPS) is 10.8. The summed E-state index contributed by atoms with van der Waals surface area (Å²) < 4.78 is 0. The molecule has 0 aliphatic heterocycles. The molecule has 27 heteroatoms. The van der Waals surface area contributed by atoms with E-state index in [4.69, 9.17) is 0 Å². The summed E-state index contributed by atoms with van der Waals surface area (Å²) >= 11 is 0. The number of carbonyl (C=O) groups is 13. The van der Waals surface area contributed by atoms with Crippen molar-refractivity contribution in [2.45, 2.75) is 13.0 Å². The lowest BCUT2D eigenvalue weighted by atomic mass is 10.3. The maximum Gasteiger partial charge on any atom is 0.244 e. The second-order valence-electron chi connectivity index (χ2n) is 15.2. The summed E-state index contributed by atoms with van der Waals surface area (Å²) in [6, 6.07) is -1.21. The number of hydrogen-bond acceptors (Lipinski definition) is 14. The molecular formula is C38H65N13O14. The van der Waals surface area contributed by atoms with Crippen molar-refractivity contribution in [1.29, 1.82) is 0 Å². The predicted octanol–water partition coefficient (Wildman–Crippen LogP) is -8.07. The third-order valence-electron chi connectivity index (χ3n) is 9.39. The molecule has 0 aromatic carbocycles. The molecule has 0 aliphatic rings. The van der Waals surface area contributed by atoms with Gasteiger partial charge in [-0.1, -0.05) is 0 Å². The Labute approximate surface area is 377 Å². The molecule has 0 rings (SSSR count). The Morgan fingerprint density at radius 2 is 0.677 bits per heavy atom. The van der Waals surface area contributed by atoms with Crippen LogP contribution in [0.15, 0.2) is 0 Å². The number of carbonyl (C=O) groups excluding carboxylic acids is 13. The highest BCUT2D eigenvalue weighted by molar-refractivity contribution is 5.94. The molecule has 13 amide bonds.